The van der Waals surface area contributed by atoms with Crippen molar-refractivity contribution in [2.75, 3.05) is 25.1 Å². The summed E-state index contributed by atoms with van der Waals surface area (Å²) in [5.74, 6) is 1.49. The average Bonchev–Trinajstić information content (AvgIpc) is 2.68. The van der Waals surface area contributed by atoms with E-state index in [1.807, 2.05) is 31.2 Å². The van der Waals surface area contributed by atoms with Crippen molar-refractivity contribution < 1.29 is 23.8 Å². The van der Waals surface area contributed by atoms with Crippen molar-refractivity contribution in [3.63, 3.8) is 0 Å². The van der Waals surface area contributed by atoms with Crippen LogP contribution in [0, 0.1) is 0 Å². The van der Waals surface area contributed by atoms with Crippen LogP contribution in [0.15, 0.2) is 48.5 Å². The van der Waals surface area contributed by atoms with Gasteiger partial charge in [0.1, 0.15) is 5.75 Å². The van der Waals surface area contributed by atoms with E-state index in [1.165, 1.54) is 0 Å². The SMILES string of the molecule is CCOc1ccccc1OCCCC(=O)Nc1ccc(OCCC(N)=O)cc1. The van der Waals surface area contributed by atoms with E-state index in [4.69, 9.17) is 19.9 Å². The molecule has 2 aromatic rings. The molecule has 0 spiro atoms. The average molecular weight is 386 g/mol. The third-order valence-corrected chi connectivity index (χ3v) is 3.71. The van der Waals surface area contributed by atoms with Gasteiger partial charge < -0.3 is 25.3 Å². The van der Waals surface area contributed by atoms with Gasteiger partial charge in [-0.05, 0) is 49.7 Å². The molecule has 0 aromatic heterocycles. The first-order chi connectivity index (χ1) is 13.6. The molecule has 0 aliphatic heterocycles. The van der Waals surface area contributed by atoms with Gasteiger partial charge in [-0.1, -0.05) is 12.1 Å². The van der Waals surface area contributed by atoms with E-state index in [1.54, 1.807) is 24.3 Å². The van der Waals surface area contributed by atoms with E-state index in [9.17, 15) is 9.59 Å². The van der Waals surface area contributed by atoms with Crippen LogP contribution in [0.5, 0.6) is 17.2 Å². The highest BCUT2D eigenvalue weighted by molar-refractivity contribution is 5.90. The van der Waals surface area contributed by atoms with Crippen LogP contribution in [-0.4, -0.2) is 31.6 Å². The molecule has 150 valence electrons. The van der Waals surface area contributed by atoms with Crippen LogP contribution in [0.4, 0.5) is 5.69 Å². The summed E-state index contributed by atoms with van der Waals surface area (Å²) < 4.78 is 16.6. The Balaban J connectivity index is 1.69. The molecule has 7 heteroatoms. The molecule has 0 unspecified atom stereocenters. The number of carbonyl (C=O) groups excluding carboxylic acids is 2. The molecule has 0 saturated heterocycles. The molecule has 3 N–H and O–H groups in total. The molecule has 0 bridgehead atoms. The zero-order valence-corrected chi connectivity index (χ0v) is 16.0. The quantitative estimate of drug-likeness (QED) is 0.546. The molecule has 2 rings (SSSR count). The van der Waals surface area contributed by atoms with Crippen LogP contribution in [0.1, 0.15) is 26.2 Å². The van der Waals surface area contributed by atoms with Crippen LogP contribution < -0.4 is 25.3 Å². The Hall–Kier alpha value is -3.22. The van der Waals surface area contributed by atoms with Gasteiger partial charge in [0.25, 0.3) is 0 Å². The minimum atomic E-state index is -0.408. The number of nitrogens with one attached hydrogen (secondary N) is 1. The molecule has 0 radical (unpaired) electrons. The summed E-state index contributed by atoms with van der Waals surface area (Å²) in [6.07, 6.45) is 1.09. The minimum absolute atomic E-state index is 0.0934. The Morgan fingerprint density at radius 2 is 1.57 bits per heavy atom. The number of nitrogens with two attached hydrogens (primary N) is 1. The largest absolute Gasteiger partial charge is 0.493 e. The highest BCUT2D eigenvalue weighted by atomic mass is 16.5. The maximum atomic E-state index is 12.1. The van der Waals surface area contributed by atoms with Crippen molar-refractivity contribution in [2.24, 2.45) is 5.73 Å². The van der Waals surface area contributed by atoms with Gasteiger partial charge >= 0.3 is 0 Å². The lowest BCUT2D eigenvalue weighted by atomic mass is 10.2. The first-order valence-electron chi connectivity index (χ1n) is 9.24. The summed E-state index contributed by atoms with van der Waals surface area (Å²) in [4.78, 5) is 22.7. The number of amides is 2. The number of rotatable bonds is 12. The number of anilines is 1. The molecule has 28 heavy (non-hydrogen) atoms. The van der Waals surface area contributed by atoms with Gasteiger partial charge in [-0.2, -0.15) is 0 Å². The van der Waals surface area contributed by atoms with Gasteiger partial charge in [-0.3, -0.25) is 9.59 Å². The molecule has 7 nitrogen and oxygen atoms in total. The van der Waals surface area contributed by atoms with Gasteiger partial charge in [0, 0.05) is 12.1 Å². The number of para-hydroxylation sites is 2. The first kappa shape index (κ1) is 21.1. The molecule has 2 aromatic carbocycles. The standard InChI is InChI=1S/C21H26N2O5/c1-2-26-18-6-3-4-7-19(18)28-14-5-8-21(25)23-16-9-11-17(12-10-16)27-15-13-20(22)24/h3-4,6-7,9-12H,2,5,8,13-15H2,1H3,(H2,22,24)(H,23,25). The monoisotopic (exact) mass is 386 g/mol. The minimum Gasteiger partial charge on any atom is -0.493 e. The third-order valence-electron chi connectivity index (χ3n) is 3.71. The first-order valence-corrected chi connectivity index (χ1v) is 9.24. The number of carbonyl (C=O) groups is 2. The Morgan fingerprint density at radius 1 is 0.893 bits per heavy atom. The van der Waals surface area contributed by atoms with Crippen LogP contribution in [0.25, 0.3) is 0 Å². The summed E-state index contributed by atoms with van der Waals surface area (Å²) in [6, 6.07) is 14.4. The maximum Gasteiger partial charge on any atom is 0.224 e. The number of primary amides is 1. The molecular weight excluding hydrogens is 360 g/mol. The van der Waals surface area contributed by atoms with Crippen LogP contribution in [0.3, 0.4) is 0 Å². The van der Waals surface area contributed by atoms with E-state index >= 15 is 0 Å². The van der Waals surface area contributed by atoms with Crippen molar-refractivity contribution in [1.82, 2.24) is 0 Å². The predicted molar refractivity (Wildman–Crippen MR) is 107 cm³/mol. The summed E-state index contributed by atoms with van der Waals surface area (Å²) in [6.45, 7) is 3.14. The second kappa shape index (κ2) is 11.5. The zero-order valence-electron chi connectivity index (χ0n) is 16.0. The van der Waals surface area contributed by atoms with E-state index in [-0.39, 0.29) is 18.9 Å². The lowest BCUT2D eigenvalue weighted by Gasteiger charge is -2.11. The van der Waals surface area contributed by atoms with Gasteiger partial charge in [0.05, 0.1) is 26.2 Å². The lowest BCUT2D eigenvalue weighted by Crippen LogP contribution is -2.14. The molecular formula is C21H26N2O5. The Morgan fingerprint density at radius 3 is 2.21 bits per heavy atom. The van der Waals surface area contributed by atoms with Crippen molar-refractivity contribution >= 4 is 17.5 Å². The van der Waals surface area contributed by atoms with Gasteiger partial charge in [-0.15, -0.1) is 0 Å². The second-order valence-corrected chi connectivity index (χ2v) is 5.97. The summed E-state index contributed by atoms with van der Waals surface area (Å²) in [5.41, 5.74) is 5.73. The Bertz CT molecular complexity index is 762. The van der Waals surface area contributed by atoms with Gasteiger partial charge in [0.2, 0.25) is 11.8 Å². The number of hydrogen-bond donors (Lipinski definition) is 2. The smallest absolute Gasteiger partial charge is 0.224 e. The normalized spacial score (nSPS) is 10.2. The van der Waals surface area contributed by atoms with Gasteiger partial charge in [-0.25, -0.2) is 0 Å². The molecule has 0 atom stereocenters. The van der Waals surface area contributed by atoms with Crippen LogP contribution in [-0.2, 0) is 9.59 Å². The fraction of sp³-hybridized carbons (Fsp3) is 0.333. The van der Waals surface area contributed by atoms with Crippen molar-refractivity contribution in [2.45, 2.75) is 26.2 Å². The molecule has 0 aliphatic carbocycles. The highest BCUT2D eigenvalue weighted by Crippen LogP contribution is 2.26. The van der Waals surface area contributed by atoms with E-state index in [2.05, 4.69) is 5.32 Å². The highest BCUT2D eigenvalue weighted by Gasteiger charge is 2.06. The van der Waals surface area contributed by atoms with E-state index in [0.29, 0.717) is 49.0 Å². The molecule has 0 fully saturated rings. The number of benzene rings is 2. The summed E-state index contributed by atoms with van der Waals surface area (Å²) in [7, 11) is 0. The molecule has 0 aliphatic rings. The fourth-order valence-electron chi connectivity index (χ4n) is 2.39. The number of ether oxygens (including phenoxy) is 3. The van der Waals surface area contributed by atoms with Crippen molar-refractivity contribution in [1.29, 1.82) is 0 Å². The zero-order chi connectivity index (χ0) is 20.2. The molecule has 0 heterocycles. The van der Waals surface area contributed by atoms with E-state index in [0.717, 1.165) is 0 Å². The maximum absolute atomic E-state index is 12.1. The Labute approximate surface area is 164 Å². The van der Waals surface area contributed by atoms with Crippen LogP contribution in [0.2, 0.25) is 0 Å². The second-order valence-electron chi connectivity index (χ2n) is 5.97. The topological polar surface area (TPSA) is 99.9 Å². The summed E-state index contributed by atoms with van der Waals surface area (Å²) >= 11 is 0. The fourth-order valence-corrected chi connectivity index (χ4v) is 2.39. The lowest BCUT2D eigenvalue weighted by molar-refractivity contribution is -0.118. The molecule has 2 amide bonds. The van der Waals surface area contributed by atoms with Gasteiger partial charge in [0.15, 0.2) is 11.5 Å². The predicted octanol–water partition coefficient (Wildman–Crippen LogP) is 3.14. The Kier molecular flexibility index (Phi) is 8.65. The number of hydrogen-bond acceptors (Lipinski definition) is 5. The van der Waals surface area contributed by atoms with Crippen molar-refractivity contribution in [3.8, 4) is 17.2 Å². The third kappa shape index (κ3) is 7.57. The van der Waals surface area contributed by atoms with Crippen molar-refractivity contribution in [3.05, 3.63) is 48.5 Å². The summed E-state index contributed by atoms with van der Waals surface area (Å²) in [5, 5.41) is 2.82. The molecule has 0 saturated carbocycles. The van der Waals surface area contributed by atoms with E-state index < -0.39 is 5.91 Å². The van der Waals surface area contributed by atoms with Crippen LogP contribution >= 0.6 is 0 Å².